The molecule has 9 rings (SSSR count). The second-order valence-corrected chi connectivity index (χ2v) is 18.1. The summed E-state index contributed by atoms with van der Waals surface area (Å²) < 4.78 is 0. The van der Waals surface area contributed by atoms with Gasteiger partial charge in [0.05, 0.1) is 35.9 Å². The molecular formula is C49H66N8O2. The second-order valence-electron chi connectivity index (χ2n) is 18.1. The molecule has 0 unspecified atom stereocenters. The van der Waals surface area contributed by atoms with Gasteiger partial charge in [-0.05, 0) is 155 Å². The maximum absolute atomic E-state index is 13.9. The Bertz CT molecular complexity index is 1950. The van der Waals surface area contributed by atoms with Crippen LogP contribution >= 0.6 is 0 Å². The van der Waals surface area contributed by atoms with Gasteiger partial charge >= 0.3 is 0 Å². The van der Waals surface area contributed by atoms with E-state index in [1.807, 2.05) is 12.4 Å². The molecule has 2 atom stereocenters. The van der Waals surface area contributed by atoms with Crippen molar-refractivity contribution in [3.8, 4) is 33.6 Å². The molecule has 4 fully saturated rings. The van der Waals surface area contributed by atoms with E-state index in [2.05, 4.69) is 93.7 Å². The number of aromatic nitrogens is 4. The average molecular weight is 799 g/mol. The van der Waals surface area contributed by atoms with Crippen LogP contribution in [0.15, 0.2) is 48.8 Å². The molecule has 2 aliphatic heterocycles. The summed E-state index contributed by atoms with van der Waals surface area (Å²) in [6.07, 6.45) is 17.2. The topological polar surface area (TPSA) is 104 Å². The van der Waals surface area contributed by atoms with Gasteiger partial charge in [0.15, 0.2) is 0 Å². The van der Waals surface area contributed by atoms with E-state index in [4.69, 9.17) is 9.97 Å². The van der Waals surface area contributed by atoms with E-state index in [-0.39, 0.29) is 23.9 Å². The molecule has 10 heteroatoms. The molecule has 2 saturated heterocycles. The minimum atomic E-state index is 0.0247. The highest BCUT2D eigenvalue weighted by molar-refractivity contribution is 5.83. The number of benzene rings is 2. The number of nitrogens with zero attached hydrogens (tertiary/aromatic N) is 6. The van der Waals surface area contributed by atoms with Gasteiger partial charge in [-0.2, -0.15) is 0 Å². The van der Waals surface area contributed by atoms with Gasteiger partial charge < -0.3 is 29.6 Å². The number of nitrogens with one attached hydrogen (secondary N) is 2. The number of carbonyl (C=O) groups is 2. The lowest BCUT2D eigenvalue weighted by atomic mass is 9.84. The molecule has 0 spiro atoms. The molecule has 4 aromatic rings. The monoisotopic (exact) mass is 799 g/mol. The molecule has 2 aromatic carbocycles. The molecule has 2 saturated carbocycles. The van der Waals surface area contributed by atoms with Crippen molar-refractivity contribution < 1.29 is 9.59 Å². The summed E-state index contributed by atoms with van der Waals surface area (Å²) in [5.41, 5.74) is 9.50. The Morgan fingerprint density at radius 3 is 1.39 bits per heavy atom. The average Bonchev–Trinajstić information content (AvgIpc) is 4.13. The predicted molar refractivity (Wildman–Crippen MR) is 235 cm³/mol. The Morgan fingerprint density at radius 1 is 0.593 bits per heavy atom. The first-order valence-corrected chi connectivity index (χ1v) is 23.3. The number of carbonyl (C=O) groups excluding carboxylic acids is 2. The first-order chi connectivity index (χ1) is 28.9. The fourth-order valence-electron chi connectivity index (χ4n) is 11.8. The molecule has 0 radical (unpaired) electrons. The zero-order chi connectivity index (χ0) is 40.6. The lowest BCUT2D eigenvalue weighted by molar-refractivity contribution is -0.138. The van der Waals surface area contributed by atoms with Gasteiger partial charge in [0, 0.05) is 37.0 Å². The van der Waals surface area contributed by atoms with Crippen LogP contribution in [0, 0.1) is 11.8 Å². The van der Waals surface area contributed by atoms with Gasteiger partial charge in [-0.1, -0.05) is 52.0 Å². The van der Waals surface area contributed by atoms with Crippen LogP contribution in [0.1, 0.15) is 140 Å². The second kappa shape index (κ2) is 17.4. The minimum Gasteiger partial charge on any atom is -0.340 e. The fourth-order valence-corrected chi connectivity index (χ4v) is 11.8. The predicted octanol–water partition coefficient (Wildman–Crippen LogP) is 9.17. The number of fused-ring (bicyclic) bond motifs is 3. The number of amides is 2. The normalized spacial score (nSPS) is 25.6. The van der Waals surface area contributed by atoms with Crippen molar-refractivity contribution in [3.63, 3.8) is 0 Å². The lowest BCUT2D eigenvalue weighted by Crippen LogP contribution is -2.42. The summed E-state index contributed by atoms with van der Waals surface area (Å²) in [4.78, 5) is 54.2. The number of rotatable bonds is 12. The van der Waals surface area contributed by atoms with E-state index < -0.39 is 0 Å². The molecule has 4 heterocycles. The highest BCUT2D eigenvalue weighted by Crippen LogP contribution is 2.42. The van der Waals surface area contributed by atoms with E-state index >= 15 is 0 Å². The molecule has 0 bridgehead atoms. The lowest BCUT2D eigenvalue weighted by Gasteiger charge is -2.37. The molecule has 314 valence electrons. The number of hydrogen-bond acceptors (Lipinski definition) is 6. The quantitative estimate of drug-likeness (QED) is 0.131. The Labute approximate surface area is 351 Å². The number of imidazole rings is 2. The largest absolute Gasteiger partial charge is 0.340 e. The summed E-state index contributed by atoms with van der Waals surface area (Å²) in [5, 5.41) is 0. The molecule has 3 aliphatic carbocycles. The number of likely N-dealkylation sites (tertiary alicyclic amines) is 2. The Kier molecular flexibility index (Phi) is 11.8. The maximum atomic E-state index is 13.9. The molecule has 59 heavy (non-hydrogen) atoms. The summed E-state index contributed by atoms with van der Waals surface area (Å²) in [7, 11) is 0. The summed E-state index contributed by atoms with van der Waals surface area (Å²) in [6, 6.07) is 14.8. The smallest absolute Gasteiger partial charge is 0.226 e. The third-order valence-electron chi connectivity index (χ3n) is 15.1. The van der Waals surface area contributed by atoms with Gasteiger partial charge in [-0.25, -0.2) is 9.97 Å². The summed E-state index contributed by atoms with van der Waals surface area (Å²) >= 11 is 0. The van der Waals surface area contributed by atoms with E-state index in [1.54, 1.807) is 0 Å². The van der Waals surface area contributed by atoms with Crippen LogP contribution in [-0.2, 0) is 16.0 Å². The molecule has 5 aliphatic rings. The first kappa shape index (κ1) is 40.1. The number of H-pyrrole nitrogens is 2. The van der Waals surface area contributed by atoms with E-state index in [9.17, 15) is 9.59 Å². The van der Waals surface area contributed by atoms with Gasteiger partial charge in [0.1, 0.15) is 11.6 Å². The third-order valence-corrected chi connectivity index (χ3v) is 15.1. The molecule has 2 amide bonds. The number of hydrogen-bond donors (Lipinski definition) is 2. The van der Waals surface area contributed by atoms with E-state index in [0.29, 0.717) is 23.9 Å². The summed E-state index contributed by atoms with van der Waals surface area (Å²) in [5.74, 6) is 2.77. The van der Waals surface area contributed by atoms with Crippen LogP contribution in [0.5, 0.6) is 0 Å². The van der Waals surface area contributed by atoms with Crippen LogP contribution in [0.3, 0.4) is 0 Å². The van der Waals surface area contributed by atoms with Crippen molar-refractivity contribution in [2.45, 2.75) is 135 Å². The molecule has 2 N–H and O–H groups in total. The highest BCUT2D eigenvalue weighted by atomic mass is 16.2. The molecule has 10 nitrogen and oxygen atoms in total. The van der Waals surface area contributed by atoms with Gasteiger partial charge in [-0.15, -0.1) is 0 Å². The Morgan fingerprint density at radius 2 is 1.00 bits per heavy atom. The minimum absolute atomic E-state index is 0.0247. The Hall–Kier alpha value is -4.28. The van der Waals surface area contributed by atoms with Crippen molar-refractivity contribution in [2.24, 2.45) is 11.8 Å². The standard InChI is InChI=1S/C49H66N8O2/c1-5-54(6-2)38-19-13-32(14-20-38)48(58)56-25-9-11-44(56)46-50-30-42(52-46)34-17-23-40-36(27-34)29-37-28-35(18-24-41(37)40)43-31-51-47(53-43)45-12-10-26-57(45)49(59)33-15-21-39(22-16-33)55(7-3)8-4/h17-18,23-24,27-28,30-33,38-39,44-45H,5-16,19-22,25-26,29H2,1-4H3,(H,50,52)(H,51,53)/t32?,33?,38?,39?,44-,45-/m1/s1. The first-order valence-electron chi connectivity index (χ1n) is 23.3. The van der Waals surface area contributed by atoms with Crippen LogP contribution < -0.4 is 0 Å². The Balaban J connectivity index is 0.837. The zero-order valence-electron chi connectivity index (χ0n) is 36.0. The SMILES string of the molecule is CCN(CC)C1CCC(C(=O)N2CCC[C@@H]2c2ncc(-c3ccc4c(c3)Cc3cc(-c5cnc([C@H]6CCCN6C(=O)C6CCC(N(CC)CC)CC6)[nH]5)ccc3-4)[nH]2)CC1. The van der Waals surface area contributed by atoms with Crippen LogP contribution in [0.4, 0.5) is 0 Å². The van der Waals surface area contributed by atoms with Crippen LogP contribution in [-0.4, -0.2) is 103 Å². The van der Waals surface area contributed by atoms with Crippen molar-refractivity contribution in [1.29, 1.82) is 0 Å². The van der Waals surface area contributed by atoms with E-state index in [1.165, 1.54) is 22.3 Å². The van der Waals surface area contributed by atoms with Gasteiger partial charge in [-0.3, -0.25) is 9.59 Å². The molecule has 2 aromatic heterocycles. The fraction of sp³-hybridized carbons (Fsp3) is 0.592. The summed E-state index contributed by atoms with van der Waals surface area (Å²) in [6.45, 7) is 15.0. The van der Waals surface area contributed by atoms with Crippen molar-refractivity contribution in [1.82, 2.24) is 39.5 Å². The maximum Gasteiger partial charge on any atom is 0.226 e. The third kappa shape index (κ3) is 7.80. The van der Waals surface area contributed by atoms with Crippen LogP contribution in [0.2, 0.25) is 0 Å². The van der Waals surface area contributed by atoms with Gasteiger partial charge in [0.2, 0.25) is 11.8 Å². The van der Waals surface area contributed by atoms with Crippen LogP contribution in [0.25, 0.3) is 33.6 Å². The van der Waals surface area contributed by atoms with E-state index in [0.717, 1.165) is 157 Å². The van der Waals surface area contributed by atoms with Gasteiger partial charge in [0.25, 0.3) is 0 Å². The van der Waals surface area contributed by atoms with Crippen molar-refractivity contribution in [3.05, 3.63) is 71.6 Å². The highest BCUT2D eigenvalue weighted by Gasteiger charge is 2.39. The molecular weight excluding hydrogens is 733 g/mol. The van der Waals surface area contributed by atoms with Crippen molar-refractivity contribution >= 4 is 11.8 Å². The zero-order valence-corrected chi connectivity index (χ0v) is 36.0. The number of aromatic amines is 2. The van der Waals surface area contributed by atoms with Crippen molar-refractivity contribution in [2.75, 3.05) is 39.3 Å².